The van der Waals surface area contributed by atoms with Crippen molar-refractivity contribution < 1.29 is 9.59 Å². The van der Waals surface area contributed by atoms with Crippen LogP contribution in [0.25, 0.3) is 0 Å². The lowest BCUT2D eigenvalue weighted by atomic mass is 10.1. The molecule has 1 saturated heterocycles. The van der Waals surface area contributed by atoms with Gasteiger partial charge in [-0.2, -0.15) is 0 Å². The van der Waals surface area contributed by atoms with Gasteiger partial charge in [-0.15, -0.1) is 0 Å². The summed E-state index contributed by atoms with van der Waals surface area (Å²) in [5, 5.41) is 2.92. The van der Waals surface area contributed by atoms with Crippen molar-refractivity contribution in [1.82, 2.24) is 9.80 Å². The normalized spacial score (nSPS) is 15.0. The van der Waals surface area contributed by atoms with Crippen LogP contribution in [0.4, 0.5) is 5.69 Å². The molecule has 3 rings (SSSR count). The Balaban J connectivity index is 1.85. The molecule has 0 aromatic heterocycles. The van der Waals surface area contributed by atoms with Gasteiger partial charge in [0.25, 0.3) is 11.8 Å². The van der Waals surface area contributed by atoms with Crippen molar-refractivity contribution in [1.29, 1.82) is 0 Å². The van der Waals surface area contributed by atoms with Gasteiger partial charge in [-0.3, -0.25) is 9.59 Å². The highest BCUT2D eigenvalue weighted by atomic mass is 127. The number of anilines is 1. The number of amides is 2. The molecule has 1 heterocycles. The third kappa shape index (κ3) is 4.24. The van der Waals surface area contributed by atoms with Crippen LogP contribution in [0.5, 0.6) is 0 Å². The zero-order chi connectivity index (χ0) is 18.7. The van der Waals surface area contributed by atoms with Crippen molar-refractivity contribution in [3.63, 3.8) is 0 Å². The molecular formula is C20H22IN3O2. The quantitative estimate of drug-likeness (QED) is 0.712. The van der Waals surface area contributed by atoms with Crippen molar-refractivity contribution in [3.05, 3.63) is 62.7 Å². The van der Waals surface area contributed by atoms with Gasteiger partial charge in [0, 0.05) is 35.3 Å². The van der Waals surface area contributed by atoms with Gasteiger partial charge < -0.3 is 15.1 Å². The van der Waals surface area contributed by atoms with E-state index in [1.807, 2.05) is 42.2 Å². The Hall–Kier alpha value is -1.93. The lowest BCUT2D eigenvalue weighted by Crippen LogP contribution is -2.47. The predicted molar refractivity (Wildman–Crippen MR) is 112 cm³/mol. The summed E-state index contributed by atoms with van der Waals surface area (Å²) in [7, 11) is 2.06. The summed E-state index contributed by atoms with van der Waals surface area (Å²) in [6, 6.07) is 13.0. The molecule has 1 aliphatic heterocycles. The minimum absolute atomic E-state index is 0.0308. The van der Waals surface area contributed by atoms with Crippen LogP contribution in [-0.2, 0) is 0 Å². The van der Waals surface area contributed by atoms with Crippen molar-refractivity contribution >= 4 is 40.1 Å². The maximum atomic E-state index is 13.0. The number of benzene rings is 2. The summed E-state index contributed by atoms with van der Waals surface area (Å²) in [5.41, 5.74) is 2.62. The maximum Gasteiger partial charge on any atom is 0.256 e. The number of hydrogen-bond donors (Lipinski definition) is 1. The van der Waals surface area contributed by atoms with E-state index >= 15 is 0 Å². The first-order chi connectivity index (χ1) is 12.5. The zero-order valence-electron chi connectivity index (χ0n) is 15.0. The molecule has 5 nitrogen and oxygen atoms in total. The highest BCUT2D eigenvalue weighted by Crippen LogP contribution is 2.22. The first-order valence-electron chi connectivity index (χ1n) is 8.60. The van der Waals surface area contributed by atoms with Gasteiger partial charge in [-0.05, 0) is 66.4 Å². The van der Waals surface area contributed by atoms with Crippen LogP contribution in [0, 0.1) is 10.5 Å². The molecule has 6 heteroatoms. The van der Waals surface area contributed by atoms with Gasteiger partial charge in [-0.25, -0.2) is 0 Å². The molecule has 2 aromatic carbocycles. The van der Waals surface area contributed by atoms with Crippen molar-refractivity contribution in [2.24, 2.45) is 0 Å². The number of piperazine rings is 1. The average molecular weight is 463 g/mol. The largest absolute Gasteiger partial charge is 0.336 e. The highest BCUT2D eigenvalue weighted by molar-refractivity contribution is 14.1. The summed E-state index contributed by atoms with van der Waals surface area (Å²) in [6.07, 6.45) is 0. The zero-order valence-corrected chi connectivity index (χ0v) is 17.1. The Morgan fingerprint density at radius 2 is 1.69 bits per heavy atom. The van der Waals surface area contributed by atoms with Crippen LogP contribution in [0.1, 0.15) is 26.3 Å². The molecule has 0 aliphatic carbocycles. The Bertz CT molecular complexity index is 830. The molecule has 0 unspecified atom stereocenters. The Morgan fingerprint density at radius 3 is 2.38 bits per heavy atom. The molecule has 0 atom stereocenters. The van der Waals surface area contributed by atoms with E-state index < -0.39 is 0 Å². The van der Waals surface area contributed by atoms with Gasteiger partial charge >= 0.3 is 0 Å². The number of rotatable bonds is 3. The average Bonchev–Trinajstić information content (AvgIpc) is 2.63. The lowest BCUT2D eigenvalue weighted by molar-refractivity contribution is 0.0665. The van der Waals surface area contributed by atoms with E-state index in [2.05, 4.69) is 39.9 Å². The van der Waals surface area contributed by atoms with Crippen LogP contribution in [0.2, 0.25) is 0 Å². The molecule has 2 amide bonds. The second-order valence-corrected chi connectivity index (χ2v) is 7.80. The number of carbonyl (C=O) groups is 2. The lowest BCUT2D eigenvalue weighted by Gasteiger charge is -2.32. The summed E-state index contributed by atoms with van der Waals surface area (Å²) in [5.74, 6) is -0.228. The fourth-order valence-electron chi connectivity index (χ4n) is 3.00. The molecule has 0 bridgehead atoms. The Labute approximate surface area is 167 Å². The van der Waals surface area contributed by atoms with E-state index in [9.17, 15) is 9.59 Å². The van der Waals surface area contributed by atoms with Crippen LogP contribution in [0.15, 0.2) is 42.5 Å². The molecule has 0 radical (unpaired) electrons. The molecule has 0 saturated carbocycles. The van der Waals surface area contributed by atoms with Gasteiger partial charge in [-0.1, -0.05) is 18.2 Å². The van der Waals surface area contributed by atoms with Crippen molar-refractivity contribution in [2.75, 3.05) is 38.5 Å². The summed E-state index contributed by atoms with van der Waals surface area (Å²) < 4.78 is 0.967. The number of aryl methyl sites for hydroxylation is 1. The third-order valence-corrected chi connectivity index (χ3v) is 5.31. The van der Waals surface area contributed by atoms with Crippen LogP contribution >= 0.6 is 22.6 Å². The number of nitrogens with one attached hydrogen (secondary N) is 1. The second-order valence-electron chi connectivity index (χ2n) is 6.55. The van der Waals surface area contributed by atoms with Crippen LogP contribution < -0.4 is 5.32 Å². The fraction of sp³-hybridized carbons (Fsp3) is 0.300. The SMILES string of the molecule is Cc1ccccc1C(=O)Nc1ccc(I)cc1C(=O)N1CCN(C)CC1. The fourth-order valence-corrected chi connectivity index (χ4v) is 3.49. The minimum Gasteiger partial charge on any atom is -0.336 e. The molecular weight excluding hydrogens is 441 g/mol. The van der Waals surface area contributed by atoms with Crippen molar-refractivity contribution in [3.8, 4) is 0 Å². The van der Waals surface area contributed by atoms with E-state index in [-0.39, 0.29) is 11.8 Å². The Kier molecular flexibility index (Phi) is 5.93. The predicted octanol–water partition coefficient (Wildman–Crippen LogP) is 3.24. The number of nitrogens with zero attached hydrogens (tertiary/aromatic N) is 2. The molecule has 26 heavy (non-hydrogen) atoms. The van der Waals surface area contributed by atoms with Gasteiger partial charge in [0.2, 0.25) is 0 Å². The molecule has 0 spiro atoms. The van der Waals surface area contributed by atoms with E-state index in [1.54, 1.807) is 12.1 Å². The summed E-state index contributed by atoms with van der Waals surface area (Å²) in [6.45, 7) is 5.03. The van der Waals surface area contributed by atoms with Gasteiger partial charge in [0.05, 0.1) is 11.3 Å². The number of carbonyl (C=O) groups excluding carboxylic acids is 2. The first kappa shape index (κ1) is 18.8. The third-order valence-electron chi connectivity index (χ3n) is 4.64. The number of halogens is 1. The summed E-state index contributed by atoms with van der Waals surface area (Å²) >= 11 is 2.19. The molecule has 2 aromatic rings. The molecule has 1 N–H and O–H groups in total. The second kappa shape index (κ2) is 8.18. The van der Waals surface area contributed by atoms with Gasteiger partial charge in [0.15, 0.2) is 0 Å². The standard InChI is InChI=1S/C20H22IN3O2/c1-14-5-3-4-6-16(14)19(25)22-18-8-7-15(21)13-17(18)20(26)24-11-9-23(2)10-12-24/h3-8,13H,9-12H2,1-2H3,(H,22,25). The first-order valence-corrected chi connectivity index (χ1v) is 9.68. The Morgan fingerprint density at radius 1 is 1.00 bits per heavy atom. The topological polar surface area (TPSA) is 52.7 Å². The monoisotopic (exact) mass is 463 g/mol. The van der Waals surface area contributed by atoms with Crippen LogP contribution in [-0.4, -0.2) is 54.8 Å². The number of hydrogen-bond acceptors (Lipinski definition) is 3. The van der Waals surface area contributed by atoms with Crippen LogP contribution in [0.3, 0.4) is 0 Å². The van der Waals surface area contributed by atoms with Gasteiger partial charge in [0.1, 0.15) is 0 Å². The van der Waals surface area contributed by atoms with E-state index in [0.717, 1.165) is 22.2 Å². The number of likely N-dealkylation sites (N-methyl/N-ethyl adjacent to an activating group) is 1. The van der Waals surface area contributed by atoms with E-state index in [0.29, 0.717) is 29.9 Å². The smallest absolute Gasteiger partial charge is 0.256 e. The van der Waals surface area contributed by atoms with Crippen molar-refractivity contribution in [2.45, 2.75) is 6.92 Å². The maximum absolute atomic E-state index is 13.0. The molecule has 136 valence electrons. The summed E-state index contributed by atoms with van der Waals surface area (Å²) in [4.78, 5) is 29.8. The highest BCUT2D eigenvalue weighted by Gasteiger charge is 2.23. The molecule has 1 aliphatic rings. The van der Waals surface area contributed by atoms with E-state index in [1.165, 1.54) is 0 Å². The molecule has 1 fully saturated rings. The van der Waals surface area contributed by atoms with E-state index in [4.69, 9.17) is 0 Å². The minimum atomic E-state index is -0.197.